The van der Waals surface area contributed by atoms with Crippen LogP contribution in [0.3, 0.4) is 0 Å². The Hall–Kier alpha value is -1.75. The van der Waals surface area contributed by atoms with Crippen molar-refractivity contribution in [3.8, 4) is 0 Å². The maximum atomic E-state index is 11.9. The number of anilines is 1. The van der Waals surface area contributed by atoms with Crippen LogP contribution in [-0.2, 0) is 14.8 Å². The van der Waals surface area contributed by atoms with Crippen LogP contribution in [0.1, 0.15) is 27.7 Å². The van der Waals surface area contributed by atoms with Gasteiger partial charge in [-0.15, -0.1) is 0 Å². The van der Waals surface area contributed by atoms with Gasteiger partial charge in [0.1, 0.15) is 5.69 Å². The Morgan fingerprint density at radius 2 is 1.89 bits per heavy atom. The first-order chi connectivity index (χ1) is 12.5. The van der Waals surface area contributed by atoms with Crippen LogP contribution in [0.25, 0.3) is 0 Å². The minimum atomic E-state index is -3.75. The molecule has 1 aromatic carbocycles. The average Bonchev–Trinajstić information content (AvgIpc) is 2.59. The summed E-state index contributed by atoms with van der Waals surface area (Å²) in [5.41, 5.74) is -0.251. The van der Waals surface area contributed by atoms with Crippen LogP contribution in [-0.4, -0.2) is 62.7 Å². The molecule has 10 heteroatoms. The van der Waals surface area contributed by atoms with Gasteiger partial charge in [0.2, 0.25) is 10.0 Å². The zero-order valence-corrected chi connectivity index (χ0v) is 17.2. The summed E-state index contributed by atoms with van der Waals surface area (Å²) >= 11 is 0. The van der Waals surface area contributed by atoms with E-state index in [1.54, 1.807) is 0 Å². The Morgan fingerprint density at radius 1 is 1.30 bits per heavy atom. The highest BCUT2D eigenvalue weighted by Crippen LogP contribution is 2.29. The lowest BCUT2D eigenvalue weighted by molar-refractivity contribution is -0.384. The quantitative estimate of drug-likeness (QED) is 0.530. The highest BCUT2D eigenvalue weighted by Gasteiger charge is 2.33. The number of hydrogen-bond donors (Lipinski definition) is 2. The number of benzene rings is 1. The van der Waals surface area contributed by atoms with Crippen molar-refractivity contribution in [1.29, 1.82) is 0 Å². The summed E-state index contributed by atoms with van der Waals surface area (Å²) in [6, 6.07) is 3.86. The molecule has 0 amide bonds. The smallest absolute Gasteiger partial charge is 0.293 e. The van der Waals surface area contributed by atoms with E-state index in [4.69, 9.17) is 4.74 Å². The molecule has 152 valence electrons. The third-order valence-corrected chi connectivity index (χ3v) is 6.14. The van der Waals surface area contributed by atoms with E-state index in [0.29, 0.717) is 6.54 Å². The van der Waals surface area contributed by atoms with E-state index >= 15 is 0 Å². The van der Waals surface area contributed by atoms with Crippen molar-refractivity contribution >= 4 is 21.4 Å². The maximum absolute atomic E-state index is 11.9. The van der Waals surface area contributed by atoms with Gasteiger partial charge in [0.15, 0.2) is 0 Å². The van der Waals surface area contributed by atoms with Gasteiger partial charge in [-0.05, 0) is 46.9 Å². The SMILES string of the molecule is CNS(=O)(=O)c1ccc(NCC(C)(C)N2C[C@@H](C)O[C@H](C)C2)c([N+](=O)[O-])c1. The topological polar surface area (TPSA) is 114 Å². The minimum absolute atomic E-state index is 0.119. The van der Waals surface area contributed by atoms with Crippen LogP contribution in [0, 0.1) is 10.1 Å². The zero-order chi connectivity index (χ0) is 20.4. The van der Waals surface area contributed by atoms with Crippen molar-refractivity contribution in [1.82, 2.24) is 9.62 Å². The average molecular weight is 401 g/mol. The van der Waals surface area contributed by atoms with Gasteiger partial charge in [0.05, 0.1) is 22.0 Å². The molecule has 27 heavy (non-hydrogen) atoms. The number of nitrogens with zero attached hydrogens (tertiary/aromatic N) is 2. The van der Waals surface area contributed by atoms with E-state index in [0.717, 1.165) is 19.2 Å². The van der Waals surface area contributed by atoms with Crippen LogP contribution in [0.2, 0.25) is 0 Å². The van der Waals surface area contributed by atoms with Crippen LogP contribution in [0.4, 0.5) is 11.4 Å². The number of hydrogen-bond acceptors (Lipinski definition) is 7. The largest absolute Gasteiger partial charge is 0.378 e. The second-order valence-electron chi connectivity index (χ2n) is 7.47. The Kier molecular flexibility index (Phi) is 6.46. The number of sulfonamides is 1. The van der Waals surface area contributed by atoms with E-state index in [2.05, 4.69) is 28.8 Å². The summed E-state index contributed by atoms with van der Waals surface area (Å²) in [5, 5.41) is 14.5. The first-order valence-corrected chi connectivity index (χ1v) is 10.3. The zero-order valence-electron chi connectivity index (χ0n) is 16.4. The molecule has 1 aromatic rings. The van der Waals surface area contributed by atoms with E-state index in [1.165, 1.54) is 19.2 Å². The third kappa shape index (κ3) is 5.16. The van der Waals surface area contributed by atoms with Crippen LogP contribution >= 0.6 is 0 Å². The molecule has 0 unspecified atom stereocenters. The molecule has 9 nitrogen and oxygen atoms in total. The molecule has 1 aliphatic rings. The summed E-state index contributed by atoms with van der Waals surface area (Å²) in [6.45, 7) is 10.2. The molecule has 1 saturated heterocycles. The molecule has 2 N–H and O–H groups in total. The van der Waals surface area contributed by atoms with Crippen LogP contribution < -0.4 is 10.0 Å². The van der Waals surface area contributed by atoms with Gasteiger partial charge in [-0.2, -0.15) is 0 Å². The number of nitrogens with one attached hydrogen (secondary N) is 2. The number of morpholine rings is 1. The molecule has 0 bridgehead atoms. The molecule has 1 heterocycles. The summed E-state index contributed by atoms with van der Waals surface area (Å²) in [6.07, 6.45) is 0.238. The number of nitro benzene ring substituents is 1. The van der Waals surface area contributed by atoms with Gasteiger partial charge in [0, 0.05) is 31.2 Å². The molecule has 0 spiro atoms. The predicted molar refractivity (Wildman–Crippen MR) is 103 cm³/mol. The Labute approximate surface area is 160 Å². The van der Waals surface area contributed by atoms with E-state index in [-0.39, 0.29) is 34.0 Å². The second kappa shape index (κ2) is 8.09. The van der Waals surface area contributed by atoms with Gasteiger partial charge >= 0.3 is 0 Å². The van der Waals surface area contributed by atoms with E-state index in [9.17, 15) is 18.5 Å². The van der Waals surface area contributed by atoms with E-state index < -0.39 is 14.9 Å². The first kappa shape index (κ1) is 21.5. The van der Waals surface area contributed by atoms with Crippen molar-refractivity contribution in [3.63, 3.8) is 0 Å². The summed E-state index contributed by atoms with van der Waals surface area (Å²) in [4.78, 5) is 13.0. The van der Waals surface area contributed by atoms with Gasteiger partial charge in [-0.1, -0.05) is 0 Å². The molecule has 0 aromatic heterocycles. The highest BCUT2D eigenvalue weighted by molar-refractivity contribution is 7.89. The molecule has 0 saturated carbocycles. The standard InChI is InChI=1S/C17H28N4O5S/c1-12-9-20(10-13(2)26-12)17(3,4)11-19-15-7-6-14(27(24,25)18-5)8-16(15)21(22)23/h6-8,12-13,18-19H,9-11H2,1-5H3/t12-,13-/m1/s1. The Morgan fingerprint density at radius 3 is 2.41 bits per heavy atom. The van der Waals surface area contributed by atoms with Crippen LogP contribution in [0.5, 0.6) is 0 Å². The van der Waals surface area contributed by atoms with Crippen LogP contribution in [0.15, 0.2) is 23.1 Å². The summed E-state index contributed by atoms with van der Waals surface area (Å²) in [5.74, 6) is 0. The molecule has 1 aliphatic heterocycles. The van der Waals surface area contributed by atoms with Crippen molar-refractivity contribution in [2.75, 3.05) is 32.0 Å². The van der Waals surface area contributed by atoms with E-state index in [1.807, 2.05) is 13.8 Å². The van der Waals surface area contributed by atoms with Crippen molar-refractivity contribution < 1.29 is 18.1 Å². The van der Waals surface area contributed by atoms with Gasteiger partial charge in [0.25, 0.3) is 5.69 Å². The fraction of sp³-hybridized carbons (Fsp3) is 0.647. The molecule has 1 fully saturated rings. The van der Waals surface area contributed by atoms with Crippen molar-refractivity contribution in [3.05, 3.63) is 28.3 Å². The fourth-order valence-corrected chi connectivity index (χ4v) is 3.94. The lowest BCUT2D eigenvalue weighted by Crippen LogP contribution is -2.57. The van der Waals surface area contributed by atoms with Gasteiger partial charge in [-0.3, -0.25) is 15.0 Å². The summed E-state index contributed by atoms with van der Waals surface area (Å²) in [7, 11) is -2.48. The molecule has 2 atom stereocenters. The third-order valence-electron chi connectivity index (χ3n) is 4.73. The number of rotatable bonds is 7. The predicted octanol–water partition coefficient (Wildman–Crippen LogP) is 1.80. The lowest BCUT2D eigenvalue weighted by atomic mass is 10.00. The number of ether oxygens (including phenoxy) is 1. The molecule has 0 aliphatic carbocycles. The first-order valence-electron chi connectivity index (χ1n) is 8.82. The second-order valence-corrected chi connectivity index (χ2v) is 9.36. The highest BCUT2D eigenvalue weighted by atomic mass is 32.2. The minimum Gasteiger partial charge on any atom is -0.378 e. The molecule has 2 rings (SSSR count). The maximum Gasteiger partial charge on any atom is 0.293 e. The molecular formula is C17H28N4O5S. The Balaban J connectivity index is 2.20. The fourth-order valence-electron chi connectivity index (χ4n) is 3.19. The lowest BCUT2D eigenvalue weighted by Gasteiger charge is -2.45. The van der Waals surface area contributed by atoms with Crippen molar-refractivity contribution in [2.45, 2.75) is 50.3 Å². The number of nitro groups is 1. The normalized spacial score (nSPS) is 21.8. The molecular weight excluding hydrogens is 372 g/mol. The van der Waals surface area contributed by atoms with Gasteiger partial charge < -0.3 is 10.1 Å². The monoisotopic (exact) mass is 400 g/mol. The molecule has 0 radical (unpaired) electrons. The Bertz CT molecular complexity index is 787. The van der Waals surface area contributed by atoms with Crippen molar-refractivity contribution in [2.24, 2.45) is 0 Å². The van der Waals surface area contributed by atoms with Gasteiger partial charge in [-0.25, -0.2) is 13.1 Å². The summed E-state index contributed by atoms with van der Waals surface area (Å²) < 4.78 is 31.7.